The van der Waals surface area contributed by atoms with Crippen molar-refractivity contribution in [2.75, 3.05) is 26.1 Å². The van der Waals surface area contributed by atoms with E-state index in [0.29, 0.717) is 18.0 Å². The molecule has 6 heteroatoms. The highest BCUT2D eigenvalue weighted by Gasteiger charge is 2.06. The van der Waals surface area contributed by atoms with Gasteiger partial charge in [0.2, 0.25) is 0 Å². The van der Waals surface area contributed by atoms with Crippen LogP contribution in [-0.4, -0.2) is 30.5 Å². The van der Waals surface area contributed by atoms with Crippen molar-refractivity contribution >= 4 is 5.69 Å². The summed E-state index contributed by atoms with van der Waals surface area (Å²) in [5.41, 5.74) is 1.49. The molecule has 2 rings (SSSR count). The minimum atomic E-state index is -0.150. The Labute approximate surface area is 123 Å². The van der Waals surface area contributed by atoms with Crippen molar-refractivity contribution in [3.63, 3.8) is 0 Å². The SMILES string of the molecule is CCNc1cnn(Cc2ccc(OC)c(OC)c2)c(=O)c1. The molecule has 1 aromatic carbocycles. The molecule has 2 aromatic rings. The lowest BCUT2D eigenvalue weighted by atomic mass is 10.2. The lowest BCUT2D eigenvalue weighted by Gasteiger charge is -2.10. The Hall–Kier alpha value is -2.50. The van der Waals surface area contributed by atoms with Gasteiger partial charge in [0.05, 0.1) is 32.6 Å². The average Bonchev–Trinajstić information content (AvgIpc) is 2.50. The Bertz CT molecular complexity index is 667. The van der Waals surface area contributed by atoms with E-state index in [1.807, 2.05) is 25.1 Å². The minimum absolute atomic E-state index is 0.150. The Kier molecular flexibility index (Phi) is 4.81. The van der Waals surface area contributed by atoms with Crippen molar-refractivity contribution in [3.8, 4) is 11.5 Å². The van der Waals surface area contributed by atoms with Gasteiger partial charge in [0.15, 0.2) is 11.5 Å². The van der Waals surface area contributed by atoms with Gasteiger partial charge in [0, 0.05) is 12.6 Å². The molecule has 1 aromatic heterocycles. The summed E-state index contributed by atoms with van der Waals surface area (Å²) in [5.74, 6) is 1.29. The predicted octanol–water partition coefficient (Wildman–Crippen LogP) is 1.74. The van der Waals surface area contributed by atoms with Crippen molar-refractivity contribution in [1.82, 2.24) is 9.78 Å². The van der Waals surface area contributed by atoms with E-state index in [-0.39, 0.29) is 5.56 Å². The number of aromatic nitrogens is 2. The third-order valence-corrected chi connectivity index (χ3v) is 3.03. The van der Waals surface area contributed by atoms with Gasteiger partial charge >= 0.3 is 0 Å². The average molecular weight is 289 g/mol. The summed E-state index contributed by atoms with van der Waals surface area (Å²) in [6.45, 7) is 3.10. The fourth-order valence-corrected chi connectivity index (χ4v) is 2.01. The minimum Gasteiger partial charge on any atom is -0.493 e. The highest BCUT2D eigenvalue weighted by atomic mass is 16.5. The first-order valence-electron chi connectivity index (χ1n) is 6.70. The lowest BCUT2D eigenvalue weighted by molar-refractivity contribution is 0.354. The number of anilines is 1. The smallest absolute Gasteiger partial charge is 0.269 e. The third-order valence-electron chi connectivity index (χ3n) is 3.03. The summed E-state index contributed by atoms with van der Waals surface area (Å²) in [7, 11) is 3.17. The fraction of sp³-hybridized carbons (Fsp3) is 0.333. The number of nitrogens with zero attached hydrogens (tertiary/aromatic N) is 2. The van der Waals surface area contributed by atoms with Crippen LogP contribution in [0.1, 0.15) is 12.5 Å². The molecular weight excluding hydrogens is 270 g/mol. The molecule has 0 spiro atoms. The monoisotopic (exact) mass is 289 g/mol. The molecule has 0 fully saturated rings. The van der Waals surface area contributed by atoms with Gasteiger partial charge in [-0.05, 0) is 24.6 Å². The zero-order valence-electron chi connectivity index (χ0n) is 12.4. The maximum atomic E-state index is 12.0. The van der Waals surface area contributed by atoms with E-state index in [1.165, 1.54) is 10.7 Å². The van der Waals surface area contributed by atoms with Crippen molar-refractivity contribution in [2.45, 2.75) is 13.5 Å². The number of benzene rings is 1. The summed E-state index contributed by atoms with van der Waals surface area (Å²) < 4.78 is 11.8. The Morgan fingerprint density at radius 1 is 1.19 bits per heavy atom. The second-order valence-corrected chi connectivity index (χ2v) is 4.46. The molecular formula is C15H19N3O3. The summed E-state index contributed by atoms with van der Waals surface area (Å²) in [6.07, 6.45) is 1.64. The van der Waals surface area contributed by atoms with Crippen molar-refractivity contribution in [1.29, 1.82) is 0 Å². The third kappa shape index (κ3) is 3.53. The molecule has 112 valence electrons. The van der Waals surface area contributed by atoms with E-state index in [2.05, 4.69) is 10.4 Å². The van der Waals surface area contributed by atoms with Crippen molar-refractivity contribution < 1.29 is 9.47 Å². The number of methoxy groups -OCH3 is 2. The molecule has 0 aliphatic carbocycles. The Balaban J connectivity index is 2.24. The van der Waals surface area contributed by atoms with Crippen LogP contribution in [0.4, 0.5) is 5.69 Å². The summed E-state index contributed by atoms with van der Waals surface area (Å²) in [5, 5.41) is 7.22. The molecule has 6 nitrogen and oxygen atoms in total. The standard InChI is InChI=1S/C15H19N3O3/c1-4-16-12-8-15(19)18(17-9-12)10-11-5-6-13(20-2)14(7-11)21-3/h5-9,16H,4,10H2,1-3H3. The summed E-state index contributed by atoms with van der Waals surface area (Å²) in [4.78, 5) is 12.0. The van der Waals surface area contributed by atoms with Gasteiger partial charge in [0.1, 0.15) is 0 Å². The topological polar surface area (TPSA) is 65.4 Å². The highest BCUT2D eigenvalue weighted by molar-refractivity contribution is 5.43. The molecule has 21 heavy (non-hydrogen) atoms. The van der Waals surface area contributed by atoms with Crippen LogP contribution in [-0.2, 0) is 6.54 Å². The number of hydrogen-bond acceptors (Lipinski definition) is 5. The van der Waals surface area contributed by atoms with Gasteiger partial charge in [0.25, 0.3) is 5.56 Å². The maximum absolute atomic E-state index is 12.0. The lowest BCUT2D eigenvalue weighted by Crippen LogP contribution is -2.23. The molecule has 0 aliphatic rings. The molecule has 0 unspecified atom stereocenters. The molecule has 0 amide bonds. The molecule has 0 aliphatic heterocycles. The van der Waals surface area contributed by atoms with Gasteiger partial charge < -0.3 is 14.8 Å². The molecule has 0 radical (unpaired) electrons. The van der Waals surface area contributed by atoms with Crippen LogP contribution >= 0.6 is 0 Å². The van der Waals surface area contributed by atoms with Gasteiger partial charge in [-0.2, -0.15) is 5.10 Å². The summed E-state index contributed by atoms with van der Waals surface area (Å²) in [6, 6.07) is 7.07. The van der Waals surface area contributed by atoms with Gasteiger partial charge in [-0.3, -0.25) is 4.79 Å². The Morgan fingerprint density at radius 3 is 2.57 bits per heavy atom. The van der Waals surface area contributed by atoms with Crippen LogP contribution in [0.3, 0.4) is 0 Å². The second-order valence-electron chi connectivity index (χ2n) is 4.46. The van der Waals surface area contributed by atoms with E-state index in [0.717, 1.165) is 17.8 Å². The second kappa shape index (κ2) is 6.78. The molecule has 0 saturated heterocycles. The zero-order valence-corrected chi connectivity index (χ0v) is 12.4. The first-order chi connectivity index (χ1) is 10.2. The van der Waals surface area contributed by atoms with E-state index < -0.39 is 0 Å². The van der Waals surface area contributed by atoms with Gasteiger partial charge in [-0.15, -0.1) is 0 Å². The highest BCUT2D eigenvalue weighted by Crippen LogP contribution is 2.27. The Morgan fingerprint density at radius 2 is 1.95 bits per heavy atom. The molecule has 1 heterocycles. The van der Waals surface area contributed by atoms with E-state index in [9.17, 15) is 4.79 Å². The molecule has 0 bridgehead atoms. The fourth-order valence-electron chi connectivity index (χ4n) is 2.01. The van der Waals surface area contributed by atoms with Crippen LogP contribution in [0.15, 0.2) is 35.3 Å². The molecule has 0 atom stereocenters. The van der Waals surface area contributed by atoms with Crippen LogP contribution in [0, 0.1) is 0 Å². The normalized spacial score (nSPS) is 10.2. The summed E-state index contributed by atoms with van der Waals surface area (Å²) >= 11 is 0. The van der Waals surface area contributed by atoms with E-state index in [1.54, 1.807) is 20.4 Å². The quantitative estimate of drug-likeness (QED) is 0.877. The first-order valence-corrected chi connectivity index (χ1v) is 6.70. The van der Waals surface area contributed by atoms with Crippen LogP contribution in [0.2, 0.25) is 0 Å². The van der Waals surface area contributed by atoms with Gasteiger partial charge in [-0.25, -0.2) is 4.68 Å². The van der Waals surface area contributed by atoms with Crippen molar-refractivity contribution in [3.05, 3.63) is 46.4 Å². The van der Waals surface area contributed by atoms with E-state index >= 15 is 0 Å². The number of ether oxygens (including phenoxy) is 2. The maximum Gasteiger partial charge on any atom is 0.269 e. The first kappa shape index (κ1) is 14.9. The number of nitrogens with one attached hydrogen (secondary N) is 1. The number of hydrogen-bond donors (Lipinski definition) is 1. The van der Waals surface area contributed by atoms with E-state index in [4.69, 9.17) is 9.47 Å². The van der Waals surface area contributed by atoms with Crippen LogP contribution in [0.25, 0.3) is 0 Å². The zero-order chi connectivity index (χ0) is 15.2. The molecule has 1 N–H and O–H groups in total. The van der Waals surface area contributed by atoms with Crippen LogP contribution in [0.5, 0.6) is 11.5 Å². The van der Waals surface area contributed by atoms with Gasteiger partial charge in [-0.1, -0.05) is 6.07 Å². The molecule has 0 saturated carbocycles. The number of rotatable bonds is 6. The predicted molar refractivity (Wildman–Crippen MR) is 81.3 cm³/mol. The van der Waals surface area contributed by atoms with Crippen LogP contribution < -0.4 is 20.3 Å². The largest absolute Gasteiger partial charge is 0.493 e. The van der Waals surface area contributed by atoms with Crippen molar-refractivity contribution in [2.24, 2.45) is 0 Å².